The minimum atomic E-state index is -0.781. The second-order valence-corrected chi connectivity index (χ2v) is 12.7. The topological polar surface area (TPSA) is 88.4 Å². The van der Waals surface area contributed by atoms with Gasteiger partial charge in [0.15, 0.2) is 16.3 Å². The summed E-state index contributed by atoms with van der Waals surface area (Å²) in [5.41, 5.74) is 3.75. The van der Waals surface area contributed by atoms with E-state index in [1.807, 2.05) is 103 Å². The maximum Gasteiger partial charge on any atom is 0.338 e. The first-order valence-electron chi connectivity index (χ1n) is 14.9. The van der Waals surface area contributed by atoms with E-state index in [-0.39, 0.29) is 12.2 Å². The largest absolute Gasteiger partial charge is 0.497 e. The van der Waals surface area contributed by atoms with Crippen LogP contribution in [-0.2, 0) is 16.1 Å². The van der Waals surface area contributed by atoms with Crippen molar-refractivity contribution in [2.75, 3.05) is 20.8 Å². The summed E-state index contributed by atoms with van der Waals surface area (Å²) in [6, 6.07) is 29.7. The van der Waals surface area contributed by atoms with Crippen molar-refractivity contribution in [3.8, 4) is 17.2 Å². The van der Waals surface area contributed by atoms with Crippen LogP contribution < -0.4 is 29.1 Å². The molecule has 0 aliphatic carbocycles. The van der Waals surface area contributed by atoms with Crippen LogP contribution in [0.15, 0.2) is 112 Å². The SMILES string of the molecule is CCOC(=O)C1=C(c2ccccc2)N=c2s/c(=C\c3cc(I)c(OCc4ccccc4)c(OC)c3)c(=O)n2[C@H]1c1ccc(OC)cc1. The molecule has 0 amide bonds. The Hall–Kier alpha value is -4.68. The van der Waals surface area contributed by atoms with Gasteiger partial charge in [0.2, 0.25) is 0 Å². The lowest BCUT2D eigenvalue weighted by molar-refractivity contribution is -0.138. The highest BCUT2D eigenvalue weighted by atomic mass is 127. The van der Waals surface area contributed by atoms with Crippen molar-refractivity contribution in [3.05, 3.63) is 148 Å². The van der Waals surface area contributed by atoms with Crippen molar-refractivity contribution >= 4 is 51.7 Å². The summed E-state index contributed by atoms with van der Waals surface area (Å²) in [7, 11) is 3.18. The van der Waals surface area contributed by atoms with Gasteiger partial charge in [-0.2, -0.15) is 0 Å². The maximum atomic E-state index is 14.3. The van der Waals surface area contributed by atoms with Gasteiger partial charge in [-0.05, 0) is 76.5 Å². The van der Waals surface area contributed by atoms with Crippen LogP contribution in [0.5, 0.6) is 17.2 Å². The Morgan fingerprint density at radius 2 is 1.66 bits per heavy atom. The van der Waals surface area contributed by atoms with Crippen molar-refractivity contribution in [2.45, 2.75) is 19.6 Å². The second-order valence-electron chi connectivity index (χ2n) is 10.5. The Kier molecular flexibility index (Phi) is 9.88. The summed E-state index contributed by atoms with van der Waals surface area (Å²) >= 11 is 3.48. The lowest BCUT2D eigenvalue weighted by Gasteiger charge is -2.26. The lowest BCUT2D eigenvalue weighted by atomic mass is 9.93. The molecule has 0 fully saturated rings. The lowest BCUT2D eigenvalue weighted by Crippen LogP contribution is -2.40. The molecule has 0 radical (unpaired) electrons. The Morgan fingerprint density at radius 1 is 0.957 bits per heavy atom. The Labute approximate surface area is 289 Å². The number of aromatic nitrogens is 1. The molecule has 10 heteroatoms. The number of carbonyl (C=O) groups is 1. The number of rotatable bonds is 10. The van der Waals surface area contributed by atoms with Gasteiger partial charge in [-0.1, -0.05) is 84.1 Å². The molecule has 4 aromatic carbocycles. The fourth-order valence-corrected chi connectivity index (χ4v) is 7.17. The molecule has 6 rings (SSSR count). The van der Waals surface area contributed by atoms with Gasteiger partial charge in [0.1, 0.15) is 12.4 Å². The van der Waals surface area contributed by atoms with Gasteiger partial charge in [0, 0.05) is 5.56 Å². The van der Waals surface area contributed by atoms with Crippen LogP contribution in [-0.4, -0.2) is 31.4 Å². The number of methoxy groups -OCH3 is 2. The number of hydrogen-bond donors (Lipinski definition) is 0. The first-order chi connectivity index (χ1) is 22.9. The van der Waals surface area contributed by atoms with E-state index < -0.39 is 12.0 Å². The number of nitrogens with zero attached hydrogens (tertiary/aromatic N) is 2. The molecule has 0 bridgehead atoms. The van der Waals surface area contributed by atoms with Gasteiger partial charge in [-0.15, -0.1) is 0 Å². The summed E-state index contributed by atoms with van der Waals surface area (Å²) < 4.78 is 25.7. The number of ether oxygens (including phenoxy) is 4. The normalized spacial score (nSPS) is 14.3. The van der Waals surface area contributed by atoms with Crippen molar-refractivity contribution in [1.82, 2.24) is 4.57 Å². The van der Waals surface area contributed by atoms with E-state index in [4.69, 9.17) is 23.9 Å². The quantitative estimate of drug-likeness (QED) is 0.126. The first-order valence-corrected chi connectivity index (χ1v) is 16.8. The molecular weight excluding hydrogens is 727 g/mol. The maximum absolute atomic E-state index is 14.3. The molecule has 8 nitrogen and oxygen atoms in total. The number of benzene rings is 4. The second kappa shape index (κ2) is 14.4. The zero-order valence-electron chi connectivity index (χ0n) is 25.9. The van der Waals surface area contributed by atoms with Gasteiger partial charge in [0.05, 0.1) is 46.2 Å². The van der Waals surface area contributed by atoms with E-state index in [1.165, 1.54) is 11.3 Å². The number of thiazole rings is 1. The number of halogens is 1. The molecule has 0 saturated heterocycles. The van der Waals surface area contributed by atoms with Crippen LogP contribution in [0.1, 0.15) is 35.2 Å². The van der Waals surface area contributed by atoms with Crippen molar-refractivity contribution in [1.29, 1.82) is 0 Å². The highest BCUT2D eigenvalue weighted by molar-refractivity contribution is 14.1. The Morgan fingerprint density at radius 3 is 2.32 bits per heavy atom. The predicted octanol–water partition coefficient (Wildman–Crippen LogP) is 6.14. The number of fused-ring (bicyclic) bond motifs is 1. The molecule has 238 valence electrons. The summed E-state index contributed by atoms with van der Waals surface area (Å²) in [6.07, 6.45) is 1.82. The van der Waals surface area contributed by atoms with Crippen molar-refractivity contribution in [3.63, 3.8) is 0 Å². The predicted molar refractivity (Wildman–Crippen MR) is 191 cm³/mol. The number of hydrogen-bond acceptors (Lipinski definition) is 8. The van der Waals surface area contributed by atoms with Crippen LogP contribution in [0.2, 0.25) is 0 Å². The third-order valence-corrected chi connectivity index (χ3v) is 9.36. The molecule has 0 unspecified atom stereocenters. The average molecular weight is 759 g/mol. The molecule has 1 aromatic heterocycles. The monoisotopic (exact) mass is 758 g/mol. The minimum absolute atomic E-state index is 0.176. The highest BCUT2D eigenvalue weighted by Gasteiger charge is 2.35. The van der Waals surface area contributed by atoms with Crippen LogP contribution in [0, 0.1) is 3.57 Å². The van der Waals surface area contributed by atoms with E-state index in [0.717, 1.165) is 25.8 Å². The third kappa shape index (κ3) is 6.75. The van der Waals surface area contributed by atoms with Gasteiger partial charge in [0.25, 0.3) is 5.56 Å². The van der Waals surface area contributed by atoms with Crippen LogP contribution >= 0.6 is 33.9 Å². The van der Waals surface area contributed by atoms with Crippen LogP contribution in [0.4, 0.5) is 0 Å². The van der Waals surface area contributed by atoms with Gasteiger partial charge >= 0.3 is 5.97 Å². The first kappa shape index (κ1) is 32.3. The molecule has 1 aliphatic rings. The smallest absolute Gasteiger partial charge is 0.338 e. The molecule has 5 aromatic rings. The van der Waals surface area contributed by atoms with Gasteiger partial charge < -0.3 is 18.9 Å². The summed E-state index contributed by atoms with van der Waals surface area (Å²) in [6.45, 7) is 2.32. The number of esters is 1. The van der Waals surface area contributed by atoms with E-state index in [9.17, 15) is 9.59 Å². The Balaban J connectivity index is 1.50. The zero-order chi connectivity index (χ0) is 32.9. The summed E-state index contributed by atoms with van der Waals surface area (Å²) in [4.78, 5) is 33.4. The molecule has 47 heavy (non-hydrogen) atoms. The fourth-order valence-electron chi connectivity index (χ4n) is 5.39. The highest BCUT2D eigenvalue weighted by Crippen LogP contribution is 2.37. The molecule has 0 N–H and O–H groups in total. The number of carbonyl (C=O) groups excluding carboxylic acids is 1. The molecule has 0 spiro atoms. The molecule has 2 heterocycles. The fraction of sp³-hybridized carbons (Fsp3) is 0.162. The van der Waals surface area contributed by atoms with Gasteiger partial charge in [-0.25, -0.2) is 9.79 Å². The van der Waals surface area contributed by atoms with E-state index >= 15 is 0 Å². The van der Waals surface area contributed by atoms with Crippen LogP contribution in [0.3, 0.4) is 0 Å². The standard InChI is InChI=1S/C37H31IN2O6S/c1-4-45-36(42)31-32(25-13-9-6-10-14-25)39-37-40(33(31)26-15-17-27(43-2)18-16-26)35(41)30(47-37)21-24-19-28(38)34(29(20-24)44-3)46-22-23-11-7-5-8-12-23/h5-21,33H,4,22H2,1-3H3/b30-21-/t33-/m0/s1. The van der Waals surface area contributed by atoms with Gasteiger partial charge in [-0.3, -0.25) is 9.36 Å². The molecular formula is C37H31IN2O6S. The minimum Gasteiger partial charge on any atom is -0.497 e. The molecule has 1 aliphatic heterocycles. The van der Waals surface area contributed by atoms with E-state index in [1.54, 1.807) is 25.7 Å². The molecule has 1 atom stereocenters. The average Bonchev–Trinajstić information content (AvgIpc) is 3.41. The van der Waals surface area contributed by atoms with E-state index in [2.05, 4.69) is 22.6 Å². The van der Waals surface area contributed by atoms with Crippen molar-refractivity contribution in [2.24, 2.45) is 4.99 Å². The third-order valence-electron chi connectivity index (χ3n) is 7.58. The molecule has 0 saturated carbocycles. The van der Waals surface area contributed by atoms with Crippen LogP contribution in [0.25, 0.3) is 11.8 Å². The van der Waals surface area contributed by atoms with E-state index in [0.29, 0.717) is 44.5 Å². The zero-order valence-corrected chi connectivity index (χ0v) is 28.9. The summed E-state index contributed by atoms with van der Waals surface area (Å²) in [5.74, 6) is 1.31. The summed E-state index contributed by atoms with van der Waals surface area (Å²) in [5, 5.41) is 0. The van der Waals surface area contributed by atoms with Crippen molar-refractivity contribution < 1.29 is 23.7 Å². The Bertz CT molecular complexity index is 2120.